The van der Waals surface area contributed by atoms with E-state index in [9.17, 15) is 23.1 Å². The molecule has 0 spiro atoms. The zero-order chi connectivity index (χ0) is 38.1. The van der Waals surface area contributed by atoms with Crippen molar-refractivity contribution in [2.24, 2.45) is 0 Å². The predicted molar refractivity (Wildman–Crippen MR) is 196 cm³/mol. The number of carbonyl (C=O) groups excluding carboxylic acids is 2. The number of nitrogens with zero attached hydrogens (tertiary/aromatic N) is 5. The molecule has 4 rings (SSSR count). The number of amides is 1. The van der Waals surface area contributed by atoms with Crippen LogP contribution in [0, 0.1) is 0 Å². The molecule has 1 saturated heterocycles. The number of aromatic hydroxyl groups is 1. The molecule has 0 radical (unpaired) electrons. The van der Waals surface area contributed by atoms with Crippen molar-refractivity contribution < 1.29 is 37.0 Å². The number of nitrogen functional groups attached to an aromatic ring is 1. The summed E-state index contributed by atoms with van der Waals surface area (Å²) in [6.07, 6.45) is 5.87. The monoisotopic (exact) mass is 750 g/mol. The highest BCUT2D eigenvalue weighted by atomic mass is 32.2. The van der Waals surface area contributed by atoms with Crippen LogP contribution in [0.3, 0.4) is 0 Å². The number of carbonyl (C=O) groups is 2. The third-order valence-corrected chi connectivity index (χ3v) is 9.87. The molecule has 4 atom stereocenters. The first kappa shape index (κ1) is 42.5. The molecule has 52 heavy (non-hydrogen) atoms. The van der Waals surface area contributed by atoms with Gasteiger partial charge >= 0.3 is 16.2 Å². The quantitative estimate of drug-likeness (QED) is 0.0909. The minimum Gasteiger partial charge on any atom is -0.507 e. The maximum atomic E-state index is 16.0. The molecule has 290 valence electrons. The van der Waals surface area contributed by atoms with Gasteiger partial charge in [-0.15, -0.1) is 0 Å². The number of halogens is 1. The van der Waals surface area contributed by atoms with E-state index in [-0.39, 0.29) is 29.0 Å². The van der Waals surface area contributed by atoms with Crippen LogP contribution in [-0.2, 0) is 24.5 Å². The van der Waals surface area contributed by atoms with Gasteiger partial charge in [-0.1, -0.05) is 91.2 Å². The number of para-hydroxylation sites is 1. The van der Waals surface area contributed by atoms with E-state index in [2.05, 4.69) is 52.3 Å². The molecule has 1 aliphatic rings. The predicted octanol–water partition coefficient (Wildman–Crippen LogP) is 4.79. The van der Waals surface area contributed by atoms with Crippen LogP contribution in [-0.4, -0.2) is 94.4 Å². The second-order valence-corrected chi connectivity index (χ2v) is 14.0. The SMILES string of the molecule is CCCCCCCCCCCC(=O)O[C@H]1[C@@H](F)[C@H](n2cnc3c(N)ncnc32)O[C@@H]1CNS(=O)(=O)NC(=O)c1ccccc1O.CCN(CC)CC. The van der Waals surface area contributed by atoms with E-state index in [4.69, 9.17) is 15.2 Å². The van der Waals surface area contributed by atoms with Crippen molar-refractivity contribution in [2.75, 3.05) is 31.9 Å². The highest BCUT2D eigenvalue weighted by Gasteiger charge is 2.49. The van der Waals surface area contributed by atoms with E-state index in [0.717, 1.165) is 25.7 Å². The number of alkyl halides is 1. The average Bonchev–Trinajstić information content (AvgIpc) is 3.69. The Balaban J connectivity index is 0.000000944. The molecule has 0 unspecified atom stereocenters. The summed E-state index contributed by atoms with van der Waals surface area (Å²) in [5.41, 5.74) is 5.98. The third kappa shape index (κ3) is 12.6. The Kier molecular flexibility index (Phi) is 17.6. The largest absolute Gasteiger partial charge is 0.507 e. The smallest absolute Gasteiger partial charge is 0.306 e. The highest BCUT2D eigenvalue weighted by Crippen LogP contribution is 2.36. The zero-order valence-electron chi connectivity index (χ0n) is 30.7. The maximum absolute atomic E-state index is 16.0. The van der Waals surface area contributed by atoms with Gasteiger partial charge in [0.1, 0.15) is 23.7 Å². The van der Waals surface area contributed by atoms with Gasteiger partial charge < -0.3 is 25.2 Å². The third-order valence-electron chi connectivity index (χ3n) is 8.87. The number of phenolic OH excluding ortho intramolecular Hbond substituents is 1. The molecule has 1 aromatic carbocycles. The average molecular weight is 751 g/mol. The van der Waals surface area contributed by atoms with E-state index in [1.54, 1.807) is 4.72 Å². The highest BCUT2D eigenvalue weighted by molar-refractivity contribution is 7.88. The van der Waals surface area contributed by atoms with Gasteiger partial charge in [-0.2, -0.15) is 13.1 Å². The number of aromatic nitrogens is 4. The summed E-state index contributed by atoms with van der Waals surface area (Å²) in [6, 6.07) is 5.40. The van der Waals surface area contributed by atoms with Crippen molar-refractivity contribution in [3.63, 3.8) is 0 Å². The minimum atomic E-state index is -4.50. The lowest BCUT2D eigenvalue weighted by atomic mass is 10.1. The number of hydrogen-bond acceptors (Lipinski definition) is 12. The Bertz CT molecular complexity index is 1650. The first-order valence-electron chi connectivity index (χ1n) is 18.2. The molecule has 5 N–H and O–H groups in total. The summed E-state index contributed by atoms with van der Waals surface area (Å²) in [4.78, 5) is 39.7. The number of imidazole rings is 1. The molecule has 3 heterocycles. The van der Waals surface area contributed by atoms with Gasteiger partial charge in [-0.25, -0.2) is 24.1 Å². The van der Waals surface area contributed by atoms with Crippen molar-refractivity contribution in [2.45, 2.75) is 117 Å². The molecule has 15 nitrogen and oxygen atoms in total. The second-order valence-electron chi connectivity index (χ2n) is 12.5. The summed E-state index contributed by atoms with van der Waals surface area (Å²) in [5.74, 6) is -2.07. The van der Waals surface area contributed by atoms with Crippen molar-refractivity contribution in [1.29, 1.82) is 0 Å². The van der Waals surface area contributed by atoms with Crippen LogP contribution in [0.5, 0.6) is 5.75 Å². The summed E-state index contributed by atoms with van der Waals surface area (Å²) in [5, 5.41) is 9.87. The lowest BCUT2D eigenvalue weighted by molar-refractivity contribution is -0.153. The molecular weight excluding hydrogens is 695 g/mol. The van der Waals surface area contributed by atoms with Crippen LogP contribution in [0.4, 0.5) is 10.2 Å². The van der Waals surface area contributed by atoms with Crippen molar-refractivity contribution in [3.8, 4) is 5.75 Å². The Morgan fingerprint density at radius 3 is 2.23 bits per heavy atom. The van der Waals surface area contributed by atoms with E-state index in [1.165, 1.54) is 86.8 Å². The Hall–Kier alpha value is -3.93. The molecule has 17 heteroatoms. The minimum absolute atomic E-state index is 0.0660. The van der Waals surface area contributed by atoms with E-state index < -0.39 is 59.0 Å². The van der Waals surface area contributed by atoms with Gasteiger partial charge in [0.25, 0.3) is 5.91 Å². The lowest BCUT2D eigenvalue weighted by Gasteiger charge is -2.20. The van der Waals surface area contributed by atoms with Crippen molar-refractivity contribution >= 4 is 39.1 Å². The molecule has 0 aliphatic carbocycles. The number of rotatable bonds is 20. The fourth-order valence-electron chi connectivity index (χ4n) is 5.81. The number of nitrogens with one attached hydrogen (secondary N) is 2. The standard InChI is InChI=1S/C29H40FN7O7S.C6H15N/c1-2-3-4-5-6-7-8-9-10-15-22(39)44-25-21(16-35-45(41,42)36-28(40)19-13-11-12-14-20(19)38)43-29(23(25)30)37-18-34-24-26(31)32-17-33-27(24)37;1-4-7(5-2)6-3/h11-14,17-18,21,23,25,29,35,38H,2-10,15-16H2,1H3,(H,36,40)(H2,31,32,33);4-6H2,1-3H3/t21-,23-,25-,29-;/m1./s1. The van der Waals surface area contributed by atoms with Crippen LogP contribution < -0.4 is 15.2 Å². The normalized spacial score (nSPS) is 18.7. The molecule has 0 bridgehead atoms. The number of nitrogens with two attached hydrogens (primary N) is 1. The number of unbranched alkanes of at least 4 members (excludes halogenated alkanes) is 8. The summed E-state index contributed by atoms with van der Waals surface area (Å²) < 4.78 is 57.9. The van der Waals surface area contributed by atoms with Crippen LogP contribution >= 0.6 is 0 Å². The number of phenols is 1. The number of ether oxygens (including phenoxy) is 2. The number of anilines is 1. The summed E-state index contributed by atoms with van der Waals surface area (Å²) in [6.45, 7) is 11.7. The van der Waals surface area contributed by atoms with Gasteiger partial charge in [0.05, 0.1) is 11.9 Å². The molecule has 2 aromatic heterocycles. The molecule has 1 amide bonds. The Labute approximate surface area is 306 Å². The van der Waals surface area contributed by atoms with Gasteiger partial charge in [0.15, 0.2) is 30.0 Å². The first-order valence-corrected chi connectivity index (χ1v) is 19.7. The van der Waals surface area contributed by atoms with E-state index >= 15 is 4.39 Å². The second kappa shape index (κ2) is 21.6. The molecule has 1 fully saturated rings. The number of fused-ring (bicyclic) bond motifs is 1. The topological polar surface area (TPSA) is 204 Å². The van der Waals surface area contributed by atoms with Crippen molar-refractivity contribution in [3.05, 3.63) is 42.5 Å². The van der Waals surface area contributed by atoms with Gasteiger partial charge in [-0.05, 0) is 38.2 Å². The van der Waals surface area contributed by atoms with Crippen LogP contribution in [0.2, 0.25) is 0 Å². The number of esters is 1. The van der Waals surface area contributed by atoms with Gasteiger partial charge in [0, 0.05) is 13.0 Å². The summed E-state index contributed by atoms with van der Waals surface area (Å²) in [7, 11) is -4.50. The number of hydrogen-bond donors (Lipinski definition) is 4. The maximum Gasteiger partial charge on any atom is 0.306 e. The summed E-state index contributed by atoms with van der Waals surface area (Å²) >= 11 is 0. The Morgan fingerprint density at radius 1 is 0.981 bits per heavy atom. The van der Waals surface area contributed by atoms with Crippen LogP contribution in [0.1, 0.15) is 108 Å². The van der Waals surface area contributed by atoms with E-state index in [0.29, 0.717) is 6.42 Å². The molecular formula is C35H55FN8O7S. The fraction of sp³-hybridized carbons (Fsp3) is 0.629. The molecule has 0 saturated carbocycles. The molecule has 1 aliphatic heterocycles. The Morgan fingerprint density at radius 2 is 1.62 bits per heavy atom. The van der Waals surface area contributed by atoms with Crippen molar-refractivity contribution in [1.82, 2.24) is 33.9 Å². The van der Waals surface area contributed by atoms with Gasteiger partial charge in [-0.3, -0.25) is 14.2 Å². The van der Waals surface area contributed by atoms with E-state index in [1.807, 2.05) is 0 Å². The lowest BCUT2D eigenvalue weighted by Crippen LogP contribution is -2.46. The fourth-order valence-corrected chi connectivity index (χ4v) is 6.62. The van der Waals surface area contributed by atoms with Gasteiger partial charge in [0.2, 0.25) is 0 Å². The van der Waals surface area contributed by atoms with Crippen LogP contribution in [0.25, 0.3) is 11.2 Å². The van der Waals surface area contributed by atoms with Crippen LogP contribution in [0.15, 0.2) is 36.9 Å². The number of benzene rings is 1. The first-order chi connectivity index (χ1) is 25.0. The molecule has 3 aromatic rings. The zero-order valence-corrected chi connectivity index (χ0v) is 31.5.